The molecule has 0 aliphatic carbocycles. The van der Waals surface area contributed by atoms with E-state index >= 15 is 0 Å². The molecule has 0 fully saturated rings. The number of benzene rings is 1. The molecule has 2 rings (SSSR count). The monoisotopic (exact) mass is 300 g/mol. The number of fused-ring (bicyclic) bond motifs is 1. The summed E-state index contributed by atoms with van der Waals surface area (Å²) in [6, 6.07) is 3.31. The second-order valence-corrected chi connectivity index (χ2v) is 5.28. The van der Waals surface area contributed by atoms with Crippen LogP contribution in [0.1, 0.15) is 38.7 Å². The van der Waals surface area contributed by atoms with Crippen LogP contribution in [0.3, 0.4) is 0 Å². The average Bonchev–Trinajstić information content (AvgIpc) is 2.56. The second kappa shape index (κ2) is 4.38. The number of aromatic nitrogens is 2. The zero-order chi connectivity index (χ0) is 12.7. The van der Waals surface area contributed by atoms with Crippen LogP contribution in [0.5, 0.6) is 0 Å². The number of imidazole rings is 1. The molecule has 92 valence electrons. The van der Waals surface area contributed by atoms with Crippen molar-refractivity contribution in [2.24, 2.45) is 0 Å². The lowest BCUT2D eigenvalue weighted by atomic mass is 10.2. The van der Waals surface area contributed by atoms with E-state index in [1.54, 1.807) is 6.92 Å². The molecule has 0 aliphatic heterocycles. The summed E-state index contributed by atoms with van der Waals surface area (Å²) >= 11 is 3.27. The molecular weight excluding hydrogens is 287 g/mol. The van der Waals surface area contributed by atoms with Crippen LogP contribution >= 0.6 is 15.9 Å². The van der Waals surface area contributed by atoms with E-state index in [1.165, 1.54) is 6.07 Å². The zero-order valence-electron chi connectivity index (χ0n) is 9.91. The lowest BCUT2D eigenvalue weighted by Crippen LogP contribution is -2.08. The van der Waals surface area contributed by atoms with Gasteiger partial charge in [-0.25, -0.2) is 9.37 Å². The Bertz CT molecular complexity index is 563. The molecule has 0 radical (unpaired) electrons. The fourth-order valence-electron chi connectivity index (χ4n) is 1.98. The normalized spacial score (nSPS) is 13.6. The Labute approximate surface area is 107 Å². The molecule has 0 amide bonds. The predicted molar refractivity (Wildman–Crippen MR) is 68.4 cm³/mol. The Kier molecular flexibility index (Phi) is 3.23. The number of hydrogen-bond acceptors (Lipinski definition) is 2. The van der Waals surface area contributed by atoms with E-state index in [9.17, 15) is 9.50 Å². The molecule has 1 atom stereocenters. The van der Waals surface area contributed by atoms with Gasteiger partial charge in [-0.2, -0.15) is 0 Å². The standard InChI is InChI=1S/C12H14BrFN2O/c1-6(2)16-10-5-8(13)4-9(14)11(10)15-12(16)7(3)17/h4-7,17H,1-3H3. The van der Waals surface area contributed by atoms with Crippen molar-refractivity contribution in [2.75, 3.05) is 0 Å². The molecule has 1 aromatic carbocycles. The summed E-state index contributed by atoms with van der Waals surface area (Å²) in [5, 5.41) is 9.70. The molecule has 1 N–H and O–H groups in total. The molecule has 1 unspecified atom stereocenters. The minimum Gasteiger partial charge on any atom is -0.385 e. The number of hydrogen-bond donors (Lipinski definition) is 1. The van der Waals surface area contributed by atoms with E-state index in [-0.39, 0.29) is 11.9 Å². The molecular formula is C12H14BrFN2O. The quantitative estimate of drug-likeness (QED) is 0.921. The van der Waals surface area contributed by atoms with Gasteiger partial charge in [-0.05, 0) is 32.9 Å². The van der Waals surface area contributed by atoms with Crippen LogP contribution in [0.2, 0.25) is 0 Å². The SMILES string of the molecule is CC(O)c1nc2c(F)cc(Br)cc2n1C(C)C. The highest BCUT2D eigenvalue weighted by Crippen LogP contribution is 2.29. The van der Waals surface area contributed by atoms with Crippen molar-refractivity contribution in [1.29, 1.82) is 0 Å². The number of aliphatic hydroxyl groups is 1. The van der Waals surface area contributed by atoms with Gasteiger partial charge in [0.25, 0.3) is 0 Å². The third-order valence-electron chi connectivity index (χ3n) is 2.63. The van der Waals surface area contributed by atoms with Crippen molar-refractivity contribution in [3.63, 3.8) is 0 Å². The van der Waals surface area contributed by atoms with Gasteiger partial charge in [0.2, 0.25) is 0 Å². The van der Waals surface area contributed by atoms with Gasteiger partial charge < -0.3 is 9.67 Å². The third-order valence-corrected chi connectivity index (χ3v) is 3.09. The van der Waals surface area contributed by atoms with Crippen molar-refractivity contribution >= 4 is 27.0 Å². The smallest absolute Gasteiger partial charge is 0.152 e. The van der Waals surface area contributed by atoms with Crippen molar-refractivity contribution < 1.29 is 9.50 Å². The molecule has 0 saturated carbocycles. The summed E-state index contributed by atoms with van der Waals surface area (Å²) in [5.74, 6) is 0.114. The fourth-order valence-corrected chi connectivity index (χ4v) is 2.39. The zero-order valence-corrected chi connectivity index (χ0v) is 11.5. The van der Waals surface area contributed by atoms with Gasteiger partial charge in [0.1, 0.15) is 17.4 Å². The van der Waals surface area contributed by atoms with Gasteiger partial charge in [-0.15, -0.1) is 0 Å². The molecule has 3 nitrogen and oxygen atoms in total. The summed E-state index contributed by atoms with van der Waals surface area (Å²) in [7, 11) is 0. The van der Waals surface area contributed by atoms with E-state index in [4.69, 9.17) is 0 Å². The molecule has 1 heterocycles. The average molecular weight is 301 g/mol. The largest absolute Gasteiger partial charge is 0.385 e. The summed E-state index contributed by atoms with van der Waals surface area (Å²) < 4.78 is 16.3. The van der Waals surface area contributed by atoms with E-state index in [1.807, 2.05) is 24.5 Å². The van der Waals surface area contributed by atoms with E-state index < -0.39 is 6.10 Å². The highest BCUT2D eigenvalue weighted by Gasteiger charge is 2.19. The van der Waals surface area contributed by atoms with Gasteiger partial charge in [0.15, 0.2) is 5.82 Å². The molecule has 0 bridgehead atoms. The summed E-state index contributed by atoms with van der Waals surface area (Å²) in [4.78, 5) is 4.19. The van der Waals surface area contributed by atoms with Crippen LogP contribution in [0.4, 0.5) is 4.39 Å². The van der Waals surface area contributed by atoms with Gasteiger partial charge in [-0.3, -0.25) is 0 Å². The Balaban J connectivity index is 2.85. The number of rotatable bonds is 2. The highest BCUT2D eigenvalue weighted by molar-refractivity contribution is 9.10. The summed E-state index contributed by atoms with van der Waals surface area (Å²) in [5.41, 5.74) is 1.00. The molecule has 17 heavy (non-hydrogen) atoms. The lowest BCUT2D eigenvalue weighted by molar-refractivity contribution is 0.182. The second-order valence-electron chi connectivity index (χ2n) is 4.37. The molecule has 0 aliphatic rings. The van der Waals surface area contributed by atoms with Crippen molar-refractivity contribution in [1.82, 2.24) is 9.55 Å². The third kappa shape index (κ3) is 2.09. The maximum Gasteiger partial charge on any atom is 0.152 e. The van der Waals surface area contributed by atoms with Crippen LogP contribution in [0.15, 0.2) is 16.6 Å². The first-order chi connectivity index (χ1) is 7.91. The first-order valence-electron chi connectivity index (χ1n) is 5.46. The Morgan fingerprint density at radius 3 is 2.53 bits per heavy atom. The molecule has 0 spiro atoms. The minimum atomic E-state index is -0.719. The lowest BCUT2D eigenvalue weighted by Gasteiger charge is -2.14. The van der Waals surface area contributed by atoms with Gasteiger partial charge in [0.05, 0.1) is 5.52 Å². The van der Waals surface area contributed by atoms with Gasteiger partial charge in [-0.1, -0.05) is 15.9 Å². The van der Waals surface area contributed by atoms with E-state index in [0.29, 0.717) is 21.3 Å². The maximum atomic E-state index is 13.8. The van der Waals surface area contributed by atoms with Crippen molar-refractivity contribution in [3.8, 4) is 0 Å². The topological polar surface area (TPSA) is 38.1 Å². The number of nitrogens with zero attached hydrogens (tertiary/aromatic N) is 2. The fraction of sp³-hybridized carbons (Fsp3) is 0.417. The van der Waals surface area contributed by atoms with Crippen LogP contribution in [0, 0.1) is 5.82 Å². The van der Waals surface area contributed by atoms with Crippen LogP contribution in [0.25, 0.3) is 11.0 Å². The van der Waals surface area contributed by atoms with E-state index in [0.717, 1.165) is 0 Å². The highest BCUT2D eigenvalue weighted by atomic mass is 79.9. The van der Waals surface area contributed by atoms with Crippen molar-refractivity contribution in [2.45, 2.75) is 32.9 Å². The van der Waals surface area contributed by atoms with Crippen molar-refractivity contribution in [3.05, 3.63) is 28.2 Å². The first-order valence-corrected chi connectivity index (χ1v) is 6.26. The Hall–Kier alpha value is -0.940. The molecule has 5 heteroatoms. The van der Waals surface area contributed by atoms with Gasteiger partial charge >= 0.3 is 0 Å². The predicted octanol–water partition coefficient (Wildman–Crippen LogP) is 3.57. The minimum absolute atomic E-state index is 0.110. The summed E-state index contributed by atoms with van der Waals surface area (Å²) in [6.07, 6.45) is -0.719. The van der Waals surface area contributed by atoms with E-state index in [2.05, 4.69) is 20.9 Å². The molecule has 0 saturated heterocycles. The van der Waals surface area contributed by atoms with Crippen LogP contribution < -0.4 is 0 Å². The van der Waals surface area contributed by atoms with Gasteiger partial charge in [0, 0.05) is 10.5 Å². The Morgan fingerprint density at radius 2 is 2.00 bits per heavy atom. The molecule has 1 aromatic heterocycles. The maximum absolute atomic E-state index is 13.8. The number of halogens is 2. The number of aliphatic hydroxyl groups excluding tert-OH is 1. The summed E-state index contributed by atoms with van der Waals surface area (Å²) in [6.45, 7) is 5.59. The molecule has 2 aromatic rings. The Morgan fingerprint density at radius 1 is 1.35 bits per heavy atom. The van der Waals surface area contributed by atoms with Crippen LogP contribution in [-0.2, 0) is 0 Å². The van der Waals surface area contributed by atoms with Crippen LogP contribution in [-0.4, -0.2) is 14.7 Å². The first kappa shape index (κ1) is 12.5.